The topological polar surface area (TPSA) is 28.2 Å². The van der Waals surface area contributed by atoms with Crippen LogP contribution in [0.5, 0.6) is 0 Å². The molecule has 2 heterocycles. The zero-order valence-electron chi connectivity index (χ0n) is 12.2. The van der Waals surface area contributed by atoms with Gasteiger partial charge in [0.05, 0.1) is 5.69 Å². The maximum absolute atomic E-state index is 4.52. The second kappa shape index (κ2) is 7.87. The van der Waals surface area contributed by atoms with Crippen molar-refractivity contribution < 1.29 is 0 Å². The SMILES string of the molecule is CC(C)NCC1CCCN(Cc2ncc(Br)cc2Br)C1. The van der Waals surface area contributed by atoms with Crippen LogP contribution >= 0.6 is 31.9 Å². The van der Waals surface area contributed by atoms with Crippen LogP contribution in [0.25, 0.3) is 0 Å². The summed E-state index contributed by atoms with van der Waals surface area (Å²) in [5.41, 5.74) is 1.13. The van der Waals surface area contributed by atoms with E-state index in [4.69, 9.17) is 0 Å². The number of nitrogens with zero attached hydrogens (tertiary/aromatic N) is 2. The maximum atomic E-state index is 4.52. The first kappa shape index (κ1) is 16.4. The van der Waals surface area contributed by atoms with Gasteiger partial charge >= 0.3 is 0 Å². The summed E-state index contributed by atoms with van der Waals surface area (Å²) in [4.78, 5) is 7.05. The van der Waals surface area contributed by atoms with Crippen LogP contribution in [0.3, 0.4) is 0 Å². The minimum Gasteiger partial charge on any atom is -0.314 e. The molecule has 3 nitrogen and oxygen atoms in total. The third-order valence-corrected chi connectivity index (χ3v) is 4.80. The smallest absolute Gasteiger partial charge is 0.0686 e. The van der Waals surface area contributed by atoms with E-state index in [1.165, 1.54) is 25.9 Å². The number of aromatic nitrogens is 1. The average Bonchev–Trinajstić information content (AvgIpc) is 2.40. The van der Waals surface area contributed by atoms with Crippen molar-refractivity contribution in [2.24, 2.45) is 5.92 Å². The standard InChI is InChI=1S/C15H23Br2N3/c1-11(2)18-7-12-4-3-5-20(9-12)10-15-14(17)6-13(16)8-19-15/h6,8,11-12,18H,3-5,7,9-10H2,1-2H3. The average molecular weight is 405 g/mol. The van der Waals surface area contributed by atoms with E-state index in [1.54, 1.807) is 0 Å². The molecule has 0 radical (unpaired) electrons. The van der Waals surface area contributed by atoms with Gasteiger partial charge in [0.2, 0.25) is 0 Å². The summed E-state index contributed by atoms with van der Waals surface area (Å²) in [6.45, 7) is 8.84. The second-order valence-corrected chi connectivity index (χ2v) is 7.66. The molecule has 1 saturated heterocycles. The van der Waals surface area contributed by atoms with Crippen molar-refractivity contribution in [3.05, 3.63) is 26.9 Å². The predicted molar refractivity (Wildman–Crippen MR) is 90.8 cm³/mol. The van der Waals surface area contributed by atoms with E-state index in [9.17, 15) is 0 Å². The number of rotatable bonds is 5. The quantitative estimate of drug-likeness (QED) is 0.808. The van der Waals surface area contributed by atoms with Crippen molar-refractivity contribution in [2.75, 3.05) is 19.6 Å². The molecule has 1 N–H and O–H groups in total. The lowest BCUT2D eigenvalue weighted by Gasteiger charge is -2.33. The summed E-state index contributed by atoms with van der Waals surface area (Å²) in [5, 5.41) is 3.56. The third kappa shape index (κ3) is 5.10. The second-order valence-electron chi connectivity index (χ2n) is 5.89. The molecule has 0 saturated carbocycles. The van der Waals surface area contributed by atoms with Gasteiger partial charge in [-0.3, -0.25) is 9.88 Å². The van der Waals surface area contributed by atoms with Crippen molar-refractivity contribution in [2.45, 2.75) is 39.3 Å². The number of piperidine rings is 1. The highest BCUT2D eigenvalue weighted by Crippen LogP contribution is 2.23. The highest BCUT2D eigenvalue weighted by atomic mass is 79.9. The molecule has 1 unspecified atom stereocenters. The normalized spacial score (nSPS) is 20.6. The Balaban J connectivity index is 1.89. The van der Waals surface area contributed by atoms with Gasteiger partial charge in [-0.25, -0.2) is 0 Å². The van der Waals surface area contributed by atoms with Gasteiger partial charge in [0.1, 0.15) is 0 Å². The van der Waals surface area contributed by atoms with E-state index in [2.05, 4.69) is 67.0 Å². The minimum atomic E-state index is 0.577. The van der Waals surface area contributed by atoms with Crippen molar-refractivity contribution in [3.63, 3.8) is 0 Å². The minimum absolute atomic E-state index is 0.577. The van der Waals surface area contributed by atoms with E-state index in [0.29, 0.717) is 6.04 Å². The zero-order valence-corrected chi connectivity index (χ0v) is 15.4. The van der Waals surface area contributed by atoms with Crippen molar-refractivity contribution in [3.8, 4) is 0 Å². The number of hydrogen-bond acceptors (Lipinski definition) is 3. The molecule has 1 aromatic heterocycles. The van der Waals surface area contributed by atoms with Gasteiger partial charge in [-0.15, -0.1) is 0 Å². The van der Waals surface area contributed by atoms with Crippen LogP contribution in [0.2, 0.25) is 0 Å². The van der Waals surface area contributed by atoms with Crippen molar-refractivity contribution >= 4 is 31.9 Å². The number of pyridine rings is 1. The van der Waals surface area contributed by atoms with Crippen molar-refractivity contribution in [1.29, 1.82) is 0 Å². The van der Waals surface area contributed by atoms with E-state index >= 15 is 0 Å². The summed E-state index contributed by atoms with van der Waals surface area (Å²) in [6.07, 6.45) is 4.51. The lowest BCUT2D eigenvalue weighted by Crippen LogP contribution is -2.40. The molecule has 1 aliphatic heterocycles. The molecule has 1 fully saturated rings. The Labute approximate surface area is 138 Å². The van der Waals surface area contributed by atoms with E-state index in [0.717, 1.165) is 33.6 Å². The lowest BCUT2D eigenvalue weighted by molar-refractivity contribution is 0.162. The predicted octanol–water partition coefficient (Wildman–Crippen LogP) is 3.82. The van der Waals surface area contributed by atoms with Crippen LogP contribution in [0.1, 0.15) is 32.4 Å². The lowest BCUT2D eigenvalue weighted by atomic mass is 9.97. The molecule has 0 aliphatic carbocycles. The first-order chi connectivity index (χ1) is 9.54. The Morgan fingerprint density at radius 3 is 2.95 bits per heavy atom. The van der Waals surface area contributed by atoms with Gasteiger partial charge in [-0.2, -0.15) is 0 Å². The molecule has 5 heteroatoms. The highest BCUT2D eigenvalue weighted by molar-refractivity contribution is 9.11. The summed E-state index contributed by atoms with van der Waals surface area (Å²) in [6, 6.07) is 2.65. The molecule has 0 amide bonds. The van der Waals surface area contributed by atoms with E-state index in [1.807, 2.05) is 6.20 Å². The monoisotopic (exact) mass is 403 g/mol. The summed E-state index contributed by atoms with van der Waals surface area (Å²) < 4.78 is 2.11. The molecule has 0 spiro atoms. The number of hydrogen-bond donors (Lipinski definition) is 1. The molecule has 20 heavy (non-hydrogen) atoms. The maximum Gasteiger partial charge on any atom is 0.0686 e. The molecular formula is C15H23Br2N3. The fourth-order valence-corrected chi connectivity index (χ4v) is 3.75. The number of likely N-dealkylation sites (tertiary alicyclic amines) is 1. The van der Waals surface area contributed by atoms with Gasteiger partial charge in [-0.1, -0.05) is 13.8 Å². The summed E-state index contributed by atoms with van der Waals surface area (Å²) >= 11 is 7.06. The highest BCUT2D eigenvalue weighted by Gasteiger charge is 2.20. The Morgan fingerprint density at radius 2 is 2.25 bits per heavy atom. The number of halogens is 2. The Bertz CT molecular complexity index is 437. The van der Waals surface area contributed by atoms with Gasteiger partial charge in [0.15, 0.2) is 0 Å². The Hall–Kier alpha value is 0.0300. The zero-order chi connectivity index (χ0) is 14.5. The summed E-state index contributed by atoms with van der Waals surface area (Å²) in [5.74, 6) is 0.764. The van der Waals surface area contributed by atoms with E-state index in [-0.39, 0.29) is 0 Å². The van der Waals surface area contributed by atoms with Gasteiger partial charge in [-0.05, 0) is 69.8 Å². The van der Waals surface area contributed by atoms with Crippen LogP contribution in [-0.2, 0) is 6.54 Å². The number of nitrogens with one attached hydrogen (secondary N) is 1. The van der Waals surface area contributed by atoms with Crippen LogP contribution < -0.4 is 5.32 Å². The van der Waals surface area contributed by atoms with Gasteiger partial charge < -0.3 is 5.32 Å². The van der Waals surface area contributed by atoms with Crippen molar-refractivity contribution in [1.82, 2.24) is 15.2 Å². The summed E-state index contributed by atoms with van der Waals surface area (Å²) in [7, 11) is 0. The molecule has 0 aromatic carbocycles. The first-order valence-corrected chi connectivity index (χ1v) is 8.89. The Morgan fingerprint density at radius 1 is 1.45 bits per heavy atom. The largest absolute Gasteiger partial charge is 0.314 e. The fraction of sp³-hybridized carbons (Fsp3) is 0.667. The molecule has 112 valence electrons. The Kier molecular flexibility index (Phi) is 6.46. The molecule has 1 aliphatic rings. The first-order valence-electron chi connectivity index (χ1n) is 7.30. The molecular weight excluding hydrogens is 382 g/mol. The molecule has 1 atom stereocenters. The van der Waals surface area contributed by atoms with Gasteiger partial charge in [0, 0.05) is 34.3 Å². The van der Waals surface area contributed by atoms with Crippen LogP contribution in [-0.4, -0.2) is 35.6 Å². The molecule has 0 bridgehead atoms. The fourth-order valence-electron chi connectivity index (χ4n) is 2.63. The third-order valence-electron chi connectivity index (χ3n) is 3.68. The molecule has 2 rings (SSSR count). The van der Waals surface area contributed by atoms with Crippen LogP contribution in [0.4, 0.5) is 0 Å². The van der Waals surface area contributed by atoms with Crippen LogP contribution in [0.15, 0.2) is 21.2 Å². The van der Waals surface area contributed by atoms with E-state index < -0.39 is 0 Å². The van der Waals surface area contributed by atoms with Gasteiger partial charge in [0.25, 0.3) is 0 Å². The molecule has 1 aromatic rings. The van der Waals surface area contributed by atoms with Crippen LogP contribution in [0, 0.1) is 5.92 Å².